The van der Waals surface area contributed by atoms with Gasteiger partial charge in [-0.2, -0.15) is 13.2 Å². The van der Waals surface area contributed by atoms with Gasteiger partial charge in [-0.25, -0.2) is 34.5 Å². The molecule has 3 aromatic rings. The summed E-state index contributed by atoms with van der Waals surface area (Å²) in [6.45, 7) is 3.18. The number of hydrogen-bond acceptors (Lipinski definition) is 9. The zero-order valence-electron chi connectivity index (χ0n) is 19.7. The van der Waals surface area contributed by atoms with E-state index in [1.807, 2.05) is 0 Å². The minimum absolute atomic E-state index is 0.126. The number of hydrogen-bond donors (Lipinski definition) is 2. The summed E-state index contributed by atoms with van der Waals surface area (Å²) in [5.41, 5.74) is -1.46. The van der Waals surface area contributed by atoms with E-state index >= 15 is 0 Å². The highest BCUT2D eigenvalue weighted by molar-refractivity contribution is 5.90. The molecule has 0 unspecified atom stereocenters. The third-order valence-corrected chi connectivity index (χ3v) is 5.66. The maximum Gasteiger partial charge on any atom is 0.412 e. The molecule has 2 aromatic heterocycles. The van der Waals surface area contributed by atoms with Gasteiger partial charge < -0.3 is 14.4 Å². The Morgan fingerprint density at radius 2 is 2.03 bits per heavy atom. The molecule has 0 saturated heterocycles. The van der Waals surface area contributed by atoms with Crippen LogP contribution in [-0.2, 0) is 10.3 Å². The number of anilines is 1. The summed E-state index contributed by atoms with van der Waals surface area (Å²) < 4.78 is 66.3. The highest BCUT2D eigenvalue weighted by Gasteiger charge is 2.50. The summed E-state index contributed by atoms with van der Waals surface area (Å²) >= 11 is 0. The molecule has 38 heavy (non-hydrogen) atoms. The summed E-state index contributed by atoms with van der Waals surface area (Å²) in [6, 6.07) is 1.76. The first kappa shape index (κ1) is 26.4. The lowest BCUT2D eigenvalue weighted by Gasteiger charge is -2.38. The van der Waals surface area contributed by atoms with Crippen LogP contribution in [-0.4, -0.2) is 51.1 Å². The standard InChI is InChI=1S/C22H19F4N7O5/c1-3-33(32-36)18-10-27-15(9-28-18)14-7-16(38-31-14)11-4-5-13(23)12(6-11)21(2)8-17(22(24,25)26)29-19(37-21)30-20(34)35/h4-7,9-10,17H,3,8H2,1-2H3,(H,29,30)(H,34,35)/t17-,21-/m0/s1. The van der Waals surface area contributed by atoms with Crippen molar-refractivity contribution in [1.29, 1.82) is 0 Å². The van der Waals surface area contributed by atoms with E-state index in [1.165, 1.54) is 37.5 Å². The second-order valence-electron chi connectivity index (χ2n) is 8.29. The Kier molecular flexibility index (Phi) is 6.97. The predicted octanol–water partition coefficient (Wildman–Crippen LogP) is 4.64. The smallest absolute Gasteiger partial charge is 0.412 e. The van der Waals surface area contributed by atoms with E-state index in [4.69, 9.17) is 14.4 Å². The number of ether oxygens (including phenoxy) is 1. The second kappa shape index (κ2) is 10.0. The molecular formula is C22H19F4N7O5. The van der Waals surface area contributed by atoms with Gasteiger partial charge in [0, 0.05) is 30.2 Å². The van der Waals surface area contributed by atoms with Crippen LogP contribution in [0.4, 0.5) is 28.2 Å². The lowest BCUT2D eigenvalue weighted by atomic mass is 9.86. The molecule has 16 heteroatoms. The van der Waals surface area contributed by atoms with Crippen molar-refractivity contribution in [2.24, 2.45) is 10.3 Å². The van der Waals surface area contributed by atoms with E-state index < -0.39 is 42.2 Å². The van der Waals surface area contributed by atoms with E-state index in [2.05, 4.69) is 25.4 Å². The van der Waals surface area contributed by atoms with Gasteiger partial charge in [0.05, 0.1) is 17.7 Å². The number of nitrogens with zero attached hydrogens (tertiary/aromatic N) is 6. The van der Waals surface area contributed by atoms with Crippen LogP contribution in [0.5, 0.6) is 0 Å². The van der Waals surface area contributed by atoms with E-state index in [0.29, 0.717) is 0 Å². The lowest BCUT2D eigenvalue weighted by molar-refractivity contribution is -0.164. The number of aliphatic imine (C=N–C) groups is 1. The summed E-state index contributed by atoms with van der Waals surface area (Å²) in [5.74, 6) is -0.545. The molecule has 1 aliphatic heterocycles. The first-order valence-corrected chi connectivity index (χ1v) is 11.0. The van der Waals surface area contributed by atoms with E-state index in [1.54, 1.807) is 12.2 Å². The molecule has 1 amide bonds. The second-order valence-corrected chi connectivity index (χ2v) is 8.29. The van der Waals surface area contributed by atoms with Crippen LogP contribution in [0, 0.1) is 10.7 Å². The molecule has 4 rings (SSSR count). The van der Waals surface area contributed by atoms with E-state index in [-0.39, 0.29) is 40.6 Å². The van der Waals surface area contributed by atoms with Gasteiger partial charge in [-0.3, -0.25) is 0 Å². The third-order valence-electron chi connectivity index (χ3n) is 5.66. The number of nitroso groups, excluding NO2 is 1. The number of amides is 1. The zero-order valence-corrected chi connectivity index (χ0v) is 19.7. The van der Waals surface area contributed by atoms with Crippen LogP contribution in [0.3, 0.4) is 0 Å². The van der Waals surface area contributed by atoms with Crippen molar-refractivity contribution < 1.29 is 36.7 Å². The normalized spacial score (nSPS) is 19.3. The fourth-order valence-electron chi connectivity index (χ4n) is 3.80. The minimum Gasteiger partial charge on any atom is -0.465 e. The summed E-state index contributed by atoms with van der Waals surface area (Å²) in [6.07, 6.45) is -4.69. The Bertz CT molecular complexity index is 1380. The molecule has 12 nitrogen and oxygen atoms in total. The monoisotopic (exact) mass is 537 g/mol. The topological polar surface area (TPSA) is 155 Å². The van der Waals surface area contributed by atoms with Gasteiger partial charge in [0.1, 0.15) is 22.8 Å². The number of carbonyl (C=O) groups is 1. The molecule has 2 N–H and O–H groups in total. The molecule has 0 spiro atoms. The Morgan fingerprint density at radius 3 is 2.63 bits per heavy atom. The number of nitrogens with one attached hydrogen (secondary N) is 1. The molecule has 0 saturated carbocycles. The number of aromatic nitrogens is 3. The van der Waals surface area contributed by atoms with Gasteiger partial charge in [0.2, 0.25) is 0 Å². The number of carboxylic acid groups (broad SMARTS) is 1. The van der Waals surface area contributed by atoms with Gasteiger partial charge in [0.25, 0.3) is 6.02 Å². The van der Waals surface area contributed by atoms with E-state index in [0.717, 1.165) is 11.1 Å². The molecule has 3 heterocycles. The Balaban J connectivity index is 1.66. The average molecular weight is 537 g/mol. The van der Waals surface area contributed by atoms with Crippen LogP contribution in [0.2, 0.25) is 0 Å². The van der Waals surface area contributed by atoms with Gasteiger partial charge in [0.15, 0.2) is 17.6 Å². The van der Waals surface area contributed by atoms with Crippen LogP contribution < -0.4 is 10.3 Å². The third kappa shape index (κ3) is 5.37. The van der Waals surface area contributed by atoms with Gasteiger partial charge >= 0.3 is 12.3 Å². The number of benzene rings is 1. The van der Waals surface area contributed by atoms with Crippen molar-refractivity contribution in [3.8, 4) is 22.7 Å². The van der Waals surface area contributed by atoms with Crippen LogP contribution in [0.25, 0.3) is 22.7 Å². The van der Waals surface area contributed by atoms with Gasteiger partial charge in [-0.1, -0.05) is 5.16 Å². The minimum atomic E-state index is -4.84. The largest absolute Gasteiger partial charge is 0.465 e. The molecule has 0 aliphatic carbocycles. The van der Waals surface area contributed by atoms with Crippen molar-refractivity contribution in [3.63, 3.8) is 0 Å². The highest BCUT2D eigenvalue weighted by Crippen LogP contribution is 2.42. The number of halogens is 4. The van der Waals surface area contributed by atoms with Crippen molar-refractivity contribution >= 4 is 17.9 Å². The first-order valence-electron chi connectivity index (χ1n) is 11.0. The molecular weight excluding hydrogens is 518 g/mol. The highest BCUT2D eigenvalue weighted by atomic mass is 19.4. The quantitative estimate of drug-likeness (QED) is 0.260. The van der Waals surface area contributed by atoms with Crippen LogP contribution >= 0.6 is 0 Å². The van der Waals surface area contributed by atoms with Gasteiger partial charge in [-0.05, 0) is 32.0 Å². The van der Waals surface area contributed by atoms with Crippen molar-refractivity contribution in [2.75, 3.05) is 11.6 Å². The molecule has 0 bridgehead atoms. The number of amidine groups is 1. The fraction of sp³-hybridized carbons (Fsp3) is 0.318. The average Bonchev–Trinajstić information content (AvgIpc) is 3.34. The number of alkyl halides is 3. The van der Waals surface area contributed by atoms with Crippen LogP contribution in [0.1, 0.15) is 25.8 Å². The van der Waals surface area contributed by atoms with Crippen molar-refractivity contribution in [2.45, 2.75) is 38.1 Å². The maximum absolute atomic E-state index is 14.9. The fourth-order valence-corrected chi connectivity index (χ4v) is 3.80. The molecule has 2 atom stereocenters. The summed E-state index contributed by atoms with van der Waals surface area (Å²) in [4.78, 5) is 33.4. The molecule has 1 aliphatic rings. The molecule has 0 radical (unpaired) electrons. The molecule has 200 valence electrons. The molecule has 0 fully saturated rings. The Hall–Kier alpha value is -4.63. The van der Waals surface area contributed by atoms with Crippen LogP contribution in [0.15, 0.2) is 51.5 Å². The SMILES string of the molecule is CCN(N=O)c1cnc(-c2cc(-c3ccc(F)c([C@]4(C)C[C@@H](C(F)(F)F)N=C(NC(=O)O)O4)c3)on2)cn1. The summed E-state index contributed by atoms with van der Waals surface area (Å²) in [7, 11) is 0. The van der Waals surface area contributed by atoms with Crippen molar-refractivity contribution in [3.05, 3.63) is 52.9 Å². The number of rotatable bonds is 6. The zero-order chi connectivity index (χ0) is 27.7. The summed E-state index contributed by atoms with van der Waals surface area (Å²) in [5, 5.41) is 18.4. The Morgan fingerprint density at radius 1 is 1.26 bits per heavy atom. The van der Waals surface area contributed by atoms with Crippen molar-refractivity contribution in [1.82, 2.24) is 20.4 Å². The van der Waals surface area contributed by atoms with E-state index in [9.17, 15) is 27.3 Å². The predicted molar refractivity (Wildman–Crippen MR) is 123 cm³/mol. The lowest BCUT2D eigenvalue weighted by Crippen LogP contribution is -2.48. The maximum atomic E-state index is 14.9. The van der Waals surface area contributed by atoms with Gasteiger partial charge in [-0.15, -0.1) is 4.91 Å². The first-order chi connectivity index (χ1) is 17.9. The molecule has 1 aromatic carbocycles. The Labute approximate surface area is 211 Å².